The maximum Gasteiger partial charge on any atom is 0.123 e. The van der Waals surface area contributed by atoms with E-state index in [1.165, 1.54) is 0 Å². The van der Waals surface area contributed by atoms with Crippen LogP contribution in [0.4, 0.5) is 0 Å². The lowest BCUT2D eigenvalue weighted by atomic mass is 10.0. The Morgan fingerprint density at radius 2 is 1.81 bits per heavy atom. The van der Waals surface area contributed by atoms with Crippen LogP contribution < -0.4 is 10.5 Å². The number of methoxy groups -OCH3 is 2. The molecule has 0 saturated heterocycles. The summed E-state index contributed by atoms with van der Waals surface area (Å²) in [6.07, 6.45) is 2.25. The standard InChI is InChI=1S/C17H30N2O2/c1-5-14(6-2)19(11-12-20-3)13-16(18)15-9-7-8-10-17(15)21-4/h7-10,14,16H,5-6,11-13,18H2,1-4H3. The Balaban J connectivity index is 2.80. The Morgan fingerprint density at radius 3 is 2.38 bits per heavy atom. The predicted octanol–water partition coefficient (Wildman–Crippen LogP) is 2.83. The Bertz CT molecular complexity index is 394. The minimum Gasteiger partial charge on any atom is -0.496 e. The van der Waals surface area contributed by atoms with Crippen molar-refractivity contribution >= 4 is 0 Å². The van der Waals surface area contributed by atoms with E-state index >= 15 is 0 Å². The molecule has 120 valence electrons. The van der Waals surface area contributed by atoms with Crippen LogP contribution in [0.1, 0.15) is 38.3 Å². The molecule has 0 amide bonds. The number of benzene rings is 1. The molecule has 0 saturated carbocycles. The molecule has 4 nitrogen and oxygen atoms in total. The first-order chi connectivity index (χ1) is 10.2. The topological polar surface area (TPSA) is 47.7 Å². The summed E-state index contributed by atoms with van der Waals surface area (Å²) in [4.78, 5) is 2.43. The summed E-state index contributed by atoms with van der Waals surface area (Å²) in [6.45, 7) is 6.90. The van der Waals surface area contributed by atoms with Crippen LogP contribution >= 0.6 is 0 Å². The summed E-state index contributed by atoms with van der Waals surface area (Å²) in [5, 5.41) is 0. The summed E-state index contributed by atoms with van der Waals surface area (Å²) in [6, 6.07) is 8.48. The van der Waals surface area contributed by atoms with Crippen molar-refractivity contribution in [3.8, 4) is 5.75 Å². The summed E-state index contributed by atoms with van der Waals surface area (Å²) in [5.41, 5.74) is 7.49. The van der Waals surface area contributed by atoms with E-state index < -0.39 is 0 Å². The summed E-state index contributed by atoms with van der Waals surface area (Å²) >= 11 is 0. The monoisotopic (exact) mass is 294 g/mol. The summed E-state index contributed by atoms with van der Waals surface area (Å²) < 4.78 is 10.7. The molecule has 0 aliphatic rings. The van der Waals surface area contributed by atoms with Gasteiger partial charge in [-0.1, -0.05) is 32.0 Å². The van der Waals surface area contributed by atoms with Gasteiger partial charge in [-0.2, -0.15) is 0 Å². The van der Waals surface area contributed by atoms with Crippen LogP contribution in [0, 0.1) is 0 Å². The molecule has 0 bridgehead atoms. The second-order valence-corrected chi connectivity index (χ2v) is 5.31. The van der Waals surface area contributed by atoms with Gasteiger partial charge < -0.3 is 15.2 Å². The second kappa shape index (κ2) is 9.77. The van der Waals surface area contributed by atoms with Crippen LogP contribution in [0.3, 0.4) is 0 Å². The highest BCUT2D eigenvalue weighted by molar-refractivity contribution is 5.35. The molecule has 1 aromatic carbocycles. The molecule has 0 aromatic heterocycles. The van der Waals surface area contributed by atoms with Gasteiger partial charge in [0.2, 0.25) is 0 Å². The van der Waals surface area contributed by atoms with Gasteiger partial charge in [0.1, 0.15) is 5.75 Å². The molecule has 1 aromatic rings. The number of nitrogens with zero attached hydrogens (tertiary/aromatic N) is 1. The van der Waals surface area contributed by atoms with E-state index in [-0.39, 0.29) is 6.04 Å². The van der Waals surface area contributed by atoms with Gasteiger partial charge in [-0.25, -0.2) is 0 Å². The van der Waals surface area contributed by atoms with Gasteiger partial charge in [-0.05, 0) is 18.9 Å². The number of nitrogens with two attached hydrogens (primary N) is 1. The van der Waals surface area contributed by atoms with Crippen LogP contribution in [0.15, 0.2) is 24.3 Å². The quantitative estimate of drug-likeness (QED) is 0.721. The number of para-hydroxylation sites is 1. The average Bonchev–Trinajstić information content (AvgIpc) is 2.53. The molecule has 1 atom stereocenters. The first-order valence-corrected chi connectivity index (χ1v) is 7.79. The number of hydrogen-bond donors (Lipinski definition) is 1. The molecule has 0 fully saturated rings. The fraction of sp³-hybridized carbons (Fsp3) is 0.647. The largest absolute Gasteiger partial charge is 0.496 e. The fourth-order valence-electron chi connectivity index (χ4n) is 2.76. The van der Waals surface area contributed by atoms with Crippen molar-refractivity contribution in [3.63, 3.8) is 0 Å². The van der Waals surface area contributed by atoms with Crippen LogP contribution in [0.25, 0.3) is 0 Å². The van der Waals surface area contributed by atoms with Crippen LogP contribution in [-0.2, 0) is 4.74 Å². The normalized spacial score (nSPS) is 12.9. The summed E-state index contributed by atoms with van der Waals surface area (Å²) in [7, 11) is 3.43. The molecule has 1 unspecified atom stereocenters. The maximum atomic E-state index is 6.43. The van der Waals surface area contributed by atoms with Gasteiger partial charge in [0, 0.05) is 37.8 Å². The van der Waals surface area contributed by atoms with Crippen molar-refractivity contribution < 1.29 is 9.47 Å². The third kappa shape index (κ3) is 5.30. The van der Waals surface area contributed by atoms with E-state index in [9.17, 15) is 0 Å². The van der Waals surface area contributed by atoms with E-state index in [0.717, 1.165) is 43.9 Å². The second-order valence-electron chi connectivity index (χ2n) is 5.31. The molecule has 0 aliphatic heterocycles. The molecule has 0 radical (unpaired) electrons. The van der Waals surface area contributed by atoms with Gasteiger partial charge in [-0.3, -0.25) is 4.90 Å². The van der Waals surface area contributed by atoms with Crippen molar-refractivity contribution in [1.82, 2.24) is 4.90 Å². The van der Waals surface area contributed by atoms with Crippen molar-refractivity contribution in [3.05, 3.63) is 29.8 Å². The van der Waals surface area contributed by atoms with Crippen molar-refractivity contribution in [2.75, 3.05) is 33.9 Å². The van der Waals surface area contributed by atoms with E-state index in [1.54, 1.807) is 14.2 Å². The lowest BCUT2D eigenvalue weighted by Crippen LogP contribution is -2.41. The highest BCUT2D eigenvalue weighted by Gasteiger charge is 2.20. The van der Waals surface area contributed by atoms with Crippen molar-refractivity contribution in [1.29, 1.82) is 0 Å². The van der Waals surface area contributed by atoms with Crippen LogP contribution in [0.5, 0.6) is 5.75 Å². The molecule has 0 heterocycles. The molecule has 21 heavy (non-hydrogen) atoms. The minimum atomic E-state index is -0.0568. The lowest BCUT2D eigenvalue weighted by Gasteiger charge is -2.32. The lowest BCUT2D eigenvalue weighted by molar-refractivity contribution is 0.110. The van der Waals surface area contributed by atoms with Gasteiger partial charge in [-0.15, -0.1) is 0 Å². The first kappa shape index (κ1) is 18.0. The van der Waals surface area contributed by atoms with Crippen molar-refractivity contribution in [2.45, 2.75) is 38.8 Å². The van der Waals surface area contributed by atoms with Gasteiger partial charge in [0.15, 0.2) is 0 Å². The Morgan fingerprint density at radius 1 is 1.14 bits per heavy atom. The third-order valence-corrected chi connectivity index (χ3v) is 4.01. The molecule has 4 heteroatoms. The average molecular weight is 294 g/mol. The zero-order valence-corrected chi connectivity index (χ0v) is 13.8. The Kier molecular flexibility index (Phi) is 8.35. The van der Waals surface area contributed by atoms with E-state index in [2.05, 4.69) is 18.7 Å². The Labute approximate surface area is 129 Å². The minimum absolute atomic E-state index is 0.0568. The molecule has 2 N–H and O–H groups in total. The van der Waals surface area contributed by atoms with Crippen molar-refractivity contribution in [2.24, 2.45) is 5.73 Å². The summed E-state index contributed by atoms with van der Waals surface area (Å²) in [5.74, 6) is 0.862. The number of hydrogen-bond acceptors (Lipinski definition) is 4. The van der Waals surface area contributed by atoms with Crippen LogP contribution in [-0.4, -0.2) is 44.9 Å². The molecule has 0 aliphatic carbocycles. The number of rotatable bonds is 10. The SMILES string of the molecule is CCC(CC)N(CCOC)CC(N)c1ccccc1OC. The molecule has 0 spiro atoms. The zero-order valence-electron chi connectivity index (χ0n) is 13.8. The predicted molar refractivity (Wildman–Crippen MR) is 87.7 cm³/mol. The van der Waals surface area contributed by atoms with Crippen LogP contribution in [0.2, 0.25) is 0 Å². The first-order valence-electron chi connectivity index (χ1n) is 7.79. The number of ether oxygens (including phenoxy) is 2. The highest BCUT2D eigenvalue weighted by Crippen LogP contribution is 2.24. The smallest absolute Gasteiger partial charge is 0.123 e. The van der Waals surface area contributed by atoms with Gasteiger partial charge >= 0.3 is 0 Å². The van der Waals surface area contributed by atoms with E-state index in [1.807, 2.05) is 24.3 Å². The van der Waals surface area contributed by atoms with Gasteiger partial charge in [0.25, 0.3) is 0 Å². The molecular formula is C17H30N2O2. The third-order valence-electron chi connectivity index (χ3n) is 4.01. The fourth-order valence-corrected chi connectivity index (χ4v) is 2.76. The zero-order chi connectivity index (χ0) is 15.7. The molecular weight excluding hydrogens is 264 g/mol. The van der Waals surface area contributed by atoms with E-state index in [0.29, 0.717) is 6.04 Å². The molecule has 1 rings (SSSR count). The maximum absolute atomic E-state index is 6.43. The Hall–Kier alpha value is -1.10. The van der Waals surface area contributed by atoms with E-state index in [4.69, 9.17) is 15.2 Å². The van der Waals surface area contributed by atoms with Gasteiger partial charge in [0.05, 0.1) is 13.7 Å². The highest BCUT2D eigenvalue weighted by atomic mass is 16.5.